The summed E-state index contributed by atoms with van der Waals surface area (Å²) in [5.74, 6) is 0.0254. The van der Waals surface area contributed by atoms with Crippen molar-refractivity contribution in [3.8, 4) is 0 Å². The number of carbonyl (C=O) groups excluding carboxylic acids is 1. The number of hydrogen-bond donors (Lipinski definition) is 0. The third-order valence-electron chi connectivity index (χ3n) is 1.10. The van der Waals surface area contributed by atoms with Crippen LogP contribution in [0.5, 0.6) is 0 Å². The molecule has 0 aliphatic rings. The number of hydrogen-bond acceptors (Lipinski definition) is 4. The first kappa shape index (κ1) is 11.7. The number of oxazole rings is 1. The first-order valence-electron chi connectivity index (χ1n) is 4.33. The van der Waals surface area contributed by atoms with Crippen LogP contribution in [-0.4, -0.2) is 17.6 Å². The van der Waals surface area contributed by atoms with Crippen molar-refractivity contribution in [2.75, 3.05) is 6.61 Å². The van der Waals surface area contributed by atoms with Crippen molar-refractivity contribution in [3.63, 3.8) is 0 Å². The molecule has 0 amide bonds. The maximum absolute atomic E-state index is 10.9. The van der Waals surface area contributed by atoms with Crippen LogP contribution in [0.3, 0.4) is 0 Å². The highest BCUT2D eigenvalue weighted by molar-refractivity contribution is 5.86. The summed E-state index contributed by atoms with van der Waals surface area (Å²) < 4.78 is 9.50. The highest BCUT2D eigenvalue weighted by Crippen LogP contribution is 2.01. The number of ether oxygens (including phenoxy) is 1. The van der Waals surface area contributed by atoms with Crippen LogP contribution < -0.4 is 0 Å². The lowest BCUT2D eigenvalue weighted by atomic mass is 10.5. The number of rotatable bonds is 2. The maximum atomic E-state index is 10.9. The molecule has 74 valence electrons. The minimum Gasteiger partial charge on any atom is -0.461 e. The van der Waals surface area contributed by atoms with E-state index in [9.17, 15) is 4.79 Å². The van der Waals surface area contributed by atoms with E-state index in [1.165, 1.54) is 6.26 Å². The van der Waals surface area contributed by atoms with Gasteiger partial charge < -0.3 is 9.15 Å². The minimum absolute atomic E-state index is 0.226. The number of aromatic nitrogens is 1. The molecule has 0 unspecified atom stereocenters. The Kier molecular flexibility index (Phi) is 5.59. The Bertz CT molecular complexity index is 255. The third-order valence-corrected chi connectivity index (χ3v) is 1.10. The van der Waals surface area contributed by atoms with E-state index in [2.05, 4.69) is 9.72 Å². The zero-order chi connectivity index (χ0) is 10.3. The molecule has 0 aliphatic heterocycles. The van der Waals surface area contributed by atoms with Gasteiger partial charge in [-0.25, -0.2) is 9.78 Å². The second-order valence-electron chi connectivity index (χ2n) is 1.97. The molecule has 0 N–H and O–H groups in total. The van der Waals surface area contributed by atoms with Gasteiger partial charge in [0.25, 0.3) is 0 Å². The van der Waals surface area contributed by atoms with Crippen molar-refractivity contribution in [1.29, 1.82) is 0 Å². The molecule has 0 spiro atoms. The summed E-state index contributed by atoms with van der Waals surface area (Å²) in [5.41, 5.74) is 0.226. The van der Waals surface area contributed by atoms with Gasteiger partial charge in [-0.05, 0) is 6.92 Å². The predicted molar refractivity (Wildman–Crippen MR) is 48.5 cm³/mol. The van der Waals surface area contributed by atoms with Crippen molar-refractivity contribution in [1.82, 2.24) is 4.98 Å². The first-order chi connectivity index (χ1) is 6.24. The minimum atomic E-state index is -0.440. The molecule has 0 fully saturated rings. The molecule has 4 nitrogen and oxygen atoms in total. The van der Waals surface area contributed by atoms with Crippen molar-refractivity contribution >= 4 is 5.97 Å². The number of nitrogens with zero attached hydrogens (tertiary/aromatic N) is 1. The molecule has 0 saturated heterocycles. The molecule has 0 atom stereocenters. The molecule has 1 aromatic heterocycles. The summed E-state index contributed by atoms with van der Waals surface area (Å²) in [6.07, 6.45) is 1.29. The Balaban J connectivity index is 0.000000671. The quantitative estimate of drug-likeness (QED) is 0.663. The first-order valence-corrected chi connectivity index (χ1v) is 4.33. The monoisotopic (exact) mass is 185 g/mol. The second kappa shape index (κ2) is 6.22. The van der Waals surface area contributed by atoms with Crippen LogP contribution in [0.25, 0.3) is 0 Å². The zero-order valence-corrected chi connectivity index (χ0v) is 8.46. The van der Waals surface area contributed by atoms with E-state index < -0.39 is 5.97 Å². The molecule has 1 heterocycles. The van der Waals surface area contributed by atoms with E-state index in [1.54, 1.807) is 13.8 Å². The largest absolute Gasteiger partial charge is 0.461 e. The Morgan fingerprint density at radius 3 is 2.62 bits per heavy atom. The smallest absolute Gasteiger partial charge is 0.360 e. The van der Waals surface area contributed by atoms with Crippen molar-refractivity contribution in [2.24, 2.45) is 0 Å². The summed E-state index contributed by atoms with van der Waals surface area (Å²) in [6.45, 7) is 7.76. The van der Waals surface area contributed by atoms with Crippen LogP contribution >= 0.6 is 0 Å². The van der Waals surface area contributed by atoms with Gasteiger partial charge in [0.2, 0.25) is 0 Å². The van der Waals surface area contributed by atoms with Crippen LogP contribution in [0, 0.1) is 6.92 Å². The van der Waals surface area contributed by atoms with Gasteiger partial charge >= 0.3 is 5.97 Å². The normalized spacial score (nSPS) is 8.62. The molecule has 0 aliphatic carbocycles. The highest BCUT2D eigenvalue weighted by Gasteiger charge is 2.10. The van der Waals surface area contributed by atoms with Crippen LogP contribution in [0.1, 0.15) is 37.2 Å². The number of carbonyl (C=O) groups is 1. The van der Waals surface area contributed by atoms with Gasteiger partial charge in [0.1, 0.15) is 6.26 Å². The Hall–Kier alpha value is -1.32. The Morgan fingerprint density at radius 1 is 1.62 bits per heavy atom. The summed E-state index contributed by atoms with van der Waals surface area (Å²) >= 11 is 0. The van der Waals surface area contributed by atoms with Crippen molar-refractivity contribution < 1.29 is 13.9 Å². The van der Waals surface area contributed by atoms with Crippen LogP contribution in [0.2, 0.25) is 0 Å². The predicted octanol–water partition coefficient (Wildman–Crippen LogP) is 2.19. The molecular formula is C9H15NO3. The lowest BCUT2D eigenvalue weighted by molar-refractivity contribution is 0.0519. The molecule has 0 saturated carbocycles. The second-order valence-corrected chi connectivity index (χ2v) is 1.97. The SMILES string of the molecule is CC.CCOC(=O)c1coc(C)n1. The van der Waals surface area contributed by atoms with Crippen LogP contribution in [0.15, 0.2) is 10.7 Å². The van der Waals surface area contributed by atoms with Gasteiger partial charge in [0.15, 0.2) is 11.6 Å². The van der Waals surface area contributed by atoms with Crippen LogP contribution in [0.4, 0.5) is 0 Å². The summed E-state index contributed by atoms with van der Waals surface area (Å²) in [7, 11) is 0. The van der Waals surface area contributed by atoms with Crippen molar-refractivity contribution in [2.45, 2.75) is 27.7 Å². The number of aryl methyl sites for hydroxylation is 1. The topological polar surface area (TPSA) is 52.3 Å². The molecule has 0 radical (unpaired) electrons. The fourth-order valence-electron chi connectivity index (χ4n) is 0.662. The molecule has 1 aromatic rings. The standard InChI is InChI=1S/C7H9NO3.C2H6/c1-3-10-7(9)6-4-11-5(2)8-6;1-2/h4H,3H2,1-2H3;1-2H3. The summed E-state index contributed by atoms with van der Waals surface area (Å²) in [4.78, 5) is 14.7. The third kappa shape index (κ3) is 3.73. The van der Waals surface area contributed by atoms with Gasteiger partial charge in [0.05, 0.1) is 6.61 Å². The van der Waals surface area contributed by atoms with E-state index in [0.29, 0.717) is 12.5 Å². The maximum Gasteiger partial charge on any atom is 0.360 e. The Morgan fingerprint density at radius 2 is 2.23 bits per heavy atom. The van der Waals surface area contributed by atoms with Gasteiger partial charge in [-0.1, -0.05) is 13.8 Å². The van der Waals surface area contributed by atoms with E-state index in [0.717, 1.165) is 0 Å². The lowest BCUT2D eigenvalue weighted by Crippen LogP contribution is -2.04. The van der Waals surface area contributed by atoms with Crippen molar-refractivity contribution in [3.05, 3.63) is 17.8 Å². The Labute approximate surface area is 77.9 Å². The van der Waals surface area contributed by atoms with E-state index in [1.807, 2.05) is 13.8 Å². The zero-order valence-electron chi connectivity index (χ0n) is 8.46. The highest BCUT2D eigenvalue weighted by atomic mass is 16.5. The van der Waals surface area contributed by atoms with Gasteiger partial charge in [-0.15, -0.1) is 0 Å². The number of esters is 1. The molecular weight excluding hydrogens is 170 g/mol. The fraction of sp³-hybridized carbons (Fsp3) is 0.556. The lowest BCUT2D eigenvalue weighted by Gasteiger charge is -1.94. The molecule has 4 heteroatoms. The van der Waals surface area contributed by atoms with E-state index >= 15 is 0 Å². The molecule has 13 heavy (non-hydrogen) atoms. The van der Waals surface area contributed by atoms with Gasteiger partial charge in [0, 0.05) is 6.92 Å². The van der Waals surface area contributed by atoms with Crippen LogP contribution in [-0.2, 0) is 4.74 Å². The average Bonchev–Trinajstić information content (AvgIpc) is 2.56. The fourth-order valence-corrected chi connectivity index (χ4v) is 0.662. The molecule has 0 aromatic carbocycles. The van der Waals surface area contributed by atoms with Gasteiger partial charge in [-0.2, -0.15) is 0 Å². The average molecular weight is 185 g/mol. The molecule has 0 bridgehead atoms. The van der Waals surface area contributed by atoms with Gasteiger partial charge in [-0.3, -0.25) is 0 Å². The van der Waals surface area contributed by atoms with E-state index in [-0.39, 0.29) is 5.69 Å². The molecule has 1 rings (SSSR count). The summed E-state index contributed by atoms with van der Waals surface area (Å²) in [6, 6.07) is 0. The van der Waals surface area contributed by atoms with E-state index in [4.69, 9.17) is 4.42 Å². The summed E-state index contributed by atoms with van der Waals surface area (Å²) in [5, 5.41) is 0.